The Hall–Kier alpha value is -2.87. The summed E-state index contributed by atoms with van der Waals surface area (Å²) in [4.78, 5) is 26.3. The third-order valence-electron chi connectivity index (χ3n) is 4.75. The number of amides is 2. The molecular weight excluding hydrogens is 372 g/mol. The minimum Gasteiger partial charge on any atom is -0.444 e. The first-order valence-electron chi connectivity index (χ1n) is 9.67. The number of aryl methyl sites for hydroxylation is 1. The van der Waals surface area contributed by atoms with Crippen LogP contribution in [0.4, 0.5) is 4.79 Å². The molecule has 2 aromatic rings. The van der Waals surface area contributed by atoms with Gasteiger partial charge in [-0.15, -0.1) is 0 Å². The smallest absolute Gasteiger partial charge is 0.411 e. The second-order valence-electron chi connectivity index (χ2n) is 8.29. The Labute approximate surface area is 170 Å². The number of aromatic nitrogens is 2. The van der Waals surface area contributed by atoms with Gasteiger partial charge in [-0.1, -0.05) is 24.3 Å². The van der Waals surface area contributed by atoms with Crippen LogP contribution in [0.3, 0.4) is 0 Å². The summed E-state index contributed by atoms with van der Waals surface area (Å²) >= 11 is 0. The van der Waals surface area contributed by atoms with Gasteiger partial charge in [0.05, 0.1) is 18.3 Å². The molecule has 0 bridgehead atoms. The van der Waals surface area contributed by atoms with E-state index in [9.17, 15) is 14.7 Å². The molecule has 1 aromatic heterocycles. The van der Waals surface area contributed by atoms with E-state index in [0.717, 1.165) is 16.8 Å². The van der Waals surface area contributed by atoms with Crippen molar-refractivity contribution in [2.75, 3.05) is 6.54 Å². The van der Waals surface area contributed by atoms with Crippen LogP contribution in [0.5, 0.6) is 0 Å². The van der Waals surface area contributed by atoms with Crippen molar-refractivity contribution in [3.63, 3.8) is 0 Å². The zero-order chi connectivity index (χ0) is 21.2. The molecule has 0 radical (unpaired) electrons. The van der Waals surface area contributed by atoms with Crippen molar-refractivity contribution in [2.24, 2.45) is 7.05 Å². The molecule has 0 aliphatic carbocycles. The summed E-state index contributed by atoms with van der Waals surface area (Å²) in [6.07, 6.45) is 0.617. The highest BCUT2D eigenvalue weighted by molar-refractivity contribution is 5.86. The quantitative estimate of drug-likeness (QED) is 0.819. The predicted molar refractivity (Wildman–Crippen MR) is 108 cm³/mol. The maximum Gasteiger partial charge on any atom is 0.411 e. The summed E-state index contributed by atoms with van der Waals surface area (Å²) in [5, 5.41) is 17.0. The lowest BCUT2D eigenvalue weighted by atomic mass is 10.1. The number of nitrogens with zero attached hydrogens (tertiary/aromatic N) is 3. The molecule has 0 spiro atoms. The molecule has 1 aliphatic rings. The number of rotatable bonds is 4. The number of likely N-dealkylation sites (tertiary alicyclic amines) is 1. The van der Waals surface area contributed by atoms with Crippen LogP contribution in [0, 0.1) is 0 Å². The molecule has 2 amide bonds. The lowest BCUT2D eigenvalue weighted by molar-refractivity contribution is -0.125. The second-order valence-corrected chi connectivity index (χ2v) is 8.29. The number of carbonyl (C=O) groups excluding carboxylic acids is 2. The number of nitrogens with one attached hydrogen (secondary N) is 1. The summed E-state index contributed by atoms with van der Waals surface area (Å²) in [7, 11) is 1.88. The number of carbonyl (C=O) groups is 2. The number of β-amino-alcohol motifs (C(OH)–C–C–N with tert-alkyl or cyclic N) is 1. The van der Waals surface area contributed by atoms with Crippen LogP contribution in [0.15, 0.2) is 36.5 Å². The van der Waals surface area contributed by atoms with E-state index in [0.29, 0.717) is 6.54 Å². The normalized spacial score (nSPS) is 19.3. The largest absolute Gasteiger partial charge is 0.444 e. The van der Waals surface area contributed by atoms with Crippen molar-refractivity contribution in [3.05, 3.63) is 42.1 Å². The number of ether oxygens (including phenoxy) is 1. The number of aliphatic hydroxyl groups excluding tert-OH is 1. The van der Waals surface area contributed by atoms with E-state index in [4.69, 9.17) is 4.74 Å². The number of hydrogen-bond donors (Lipinski definition) is 2. The van der Waals surface area contributed by atoms with Crippen LogP contribution >= 0.6 is 0 Å². The zero-order valence-corrected chi connectivity index (χ0v) is 17.3. The van der Waals surface area contributed by atoms with Crippen molar-refractivity contribution in [1.29, 1.82) is 0 Å². The molecule has 1 aliphatic heterocycles. The number of aliphatic hydroxyl groups is 1. The van der Waals surface area contributed by atoms with Gasteiger partial charge in [0.15, 0.2) is 0 Å². The Morgan fingerprint density at radius 1 is 1.24 bits per heavy atom. The third-order valence-corrected chi connectivity index (χ3v) is 4.75. The second kappa shape index (κ2) is 8.24. The average molecular weight is 400 g/mol. The molecule has 3 rings (SSSR count). The number of hydrogen-bond acceptors (Lipinski definition) is 5. The van der Waals surface area contributed by atoms with Crippen molar-refractivity contribution in [3.8, 4) is 11.3 Å². The molecule has 0 saturated carbocycles. The van der Waals surface area contributed by atoms with Crippen molar-refractivity contribution < 1.29 is 19.4 Å². The Balaban J connectivity index is 1.60. The fraction of sp³-hybridized carbons (Fsp3) is 0.476. The Morgan fingerprint density at radius 3 is 2.52 bits per heavy atom. The van der Waals surface area contributed by atoms with Crippen molar-refractivity contribution >= 4 is 12.0 Å². The maximum atomic E-state index is 12.7. The van der Waals surface area contributed by atoms with E-state index in [1.807, 2.05) is 37.4 Å². The highest BCUT2D eigenvalue weighted by atomic mass is 16.6. The van der Waals surface area contributed by atoms with Gasteiger partial charge in [-0.2, -0.15) is 5.10 Å². The van der Waals surface area contributed by atoms with Gasteiger partial charge in [0.25, 0.3) is 0 Å². The van der Waals surface area contributed by atoms with Crippen LogP contribution in [0.25, 0.3) is 11.3 Å². The van der Waals surface area contributed by atoms with Gasteiger partial charge in [-0.3, -0.25) is 14.4 Å². The SMILES string of the molecule is Cn1nccc1-c1ccc(CNC(=O)[C@@H]2C[C@@H](O)CN2C(=O)OC(C)(C)C)cc1. The molecule has 8 nitrogen and oxygen atoms in total. The van der Waals surface area contributed by atoms with Gasteiger partial charge in [-0.05, 0) is 38.0 Å². The van der Waals surface area contributed by atoms with Crippen LogP contribution in [0.1, 0.15) is 32.8 Å². The summed E-state index contributed by atoms with van der Waals surface area (Å²) in [6, 6.07) is 9.03. The monoisotopic (exact) mass is 400 g/mol. The standard InChI is InChI=1S/C21H28N4O4/c1-21(2,3)29-20(28)25-13-16(26)11-18(25)19(27)22-12-14-5-7-15(8-6-14)17-9-10-23-24(17)4/h5-10,16,18,26H,11-13H2,1-4H3,(H,22,27)/t16-,18+/m1/s1. The highest BCUT2D eigenvalue weighted by Gasteiger charge is 2.40. The molecule has 1 fully saturated rings. The lowest BCUT2D eigenvalue weighted by Crippen LogP contribution is -2.47. The van der Waals surface area contributed by atoms with E-state index in [1.165, 1.54) is 4.90 Å². The Morgan fingerprint density at radius 2 is 1.93 bits per heavy atom. The van der Waals surface area contributed by atoms with E-state index in [-0.39, 0.29) is 18.9 Å². The third kappa shape index (κ3) is 5.14. The zero-order valence-electron chi connectivity index (χ0n) is 17.3. The molecule has 0 unspecified atom stereocenters. The predicted octanol–water partition coefficient (Wildman–Crippen LogP) is 2.07. The summed E-state index contributed by atoms with van der Waals surface area (Å²) in [5.41, 5.74) is 2.32. The molecule has 29 heavy (non-hydrogen) atoms. The Bertz CT molecular complexity index is 870. The first-order chi connectivity index (χ1) is 13.6. The minimum atomic E-state index is -0.742. The van der Waals surface area contributed by atoms with Gasteiger partial charge >= 0.3 is 6.09 Å². The van der Waals surface area contributed by atoms with Gasteiger partial charge in [0.1, 0.15) is 11.6 Å². The molecule has 2 N–H and O–H groups in total. The Kier molecular flexibility index (Phi) is 5.93. The molecular formula is C21H28N4O4. The fourth-order valence-electron chi connectivity index (χ4n) is 3.34. The minimum absolute atomic E-state index is 0.0897. The van der Waals surface area contributed by atoms with Crippen molar-refractivity contribution in [1.82, 2.24) is 20.0 Å². The maximum absolute atomic E-state index is 12.7. The molecule has 1 aromatic carbocycles. The van der Waals surface area contributed by atoms with E-state index < -0.39 is 23.8 Å². The molecule has 156 valence electrons. The van der Waals surface area contributed by atoms with E-state index >= 15 is 0 Å². The average Bonchev–Trinajstić information content (AvgIpc) is 3.24. The molecule has 2 atom stereocenters. The van der Waals surface area contributed by atoms with Crippen LogP contribution in [0.2, 0.25) is 0 Å². The topological polar surface area (TPSA) is 96.7 Å². The summed E-state index contributed by atoms with van der Waals surface area (Å²) < 4.78 is 7.16. The lowest BCUT2D eigenvalue weighted by Gasteiger charge is -2.27. The first-order valence-corrected chi connectivity index (χ1v) is 9.67. The van der Waals surface area contributed by atoms with Gasteiger partial charge in [0, 0.05) is 26.2 Å². The van der Waals surface area contributed by atoms with Crippen molar-refractivity contribution in [2.45, 2.75) is 51.5 Å². The molecule has 8 heteroatoms. The highest BCUT2D eigenvalue weighted by Crippen LogP contribution is 2.22. The molecule has 1 saturated heterocycles. The number of benzene rings is 1. The van der Waals surface area contributed by atoms with Gasteiger partial charge in [-0.25, -0.2) is 4.79 Å². The fourth-order valence-corrected chi connectivity index (χ4v) is 3.34. The summed E-state index contributed by atoms with van der Waals surface area (Å²) in [5.74, 6) is -0.303. The molecule has 2 heterocycles. The van der Waals surface area contributed by atoms with Crippen LogP contribution in [-0.4, -0.2) is 56.1 Å². The van der Waals surface area contributed by atoms with Crippen LogP contribution < -0.4 is 5.32 Å². The van der Waals surface area contributed by atoms with Gasteiger partial charge < -0.3 is 15.2 Å². The van der Waals surface area contributed by atoms with Gasteiger partial charge in [0.2, 0.25) is 5.91 Å². The van der Waals surface area contributed by atoms with E-state index in [2.05, 4.69) is 10.4 Å². The van der Waals surface area contributed by atoms with Crippen LogP contribution in [-0.2, 0) is 23.1 Å². The summed E-state index contributed by atoms with van der Waals surface area (Å²) in [6.45, 7) is 5.72. The first kappa shape index (κ1) is 20.9. The van der Waals surface area contributed by atoms with E-state index in [1.54, 1.807) is 31.6 Å².